The Morgan fingerprint density at radius 2 is 1.74 bits per heavy atom. The van der Waals surface area contributed by atoms with E-state index in [1.807, 2.05) is 6.92 Å². The third kappa shape index (κ3) is 3.84. The van der Waals surface area contributed by atoms with Crippen LogP contribution in [0.25, 0.3) is 0 Å². The van der Waals surface area contributed by atoms with Crippen molar-refractivity contribution >= 4 is 10.0 Å². The van der Waals surface area contributed by atoms with Gasteiger partial charge in [-0.3, -0.25) is 9.97 Å². The molecule has 0 amide bonds. The number of benzene rings is 1. The average molecular weight is 277 g/mol. The monoisotopic (exact) mass is 277 g/mol. The smallest absolute Gasteiger partial charge is 0.238 e. The number of nitrogens with two attached hydrogens (primary N) is 1. The van der Waals surface area contributed by atoms with Crippen molar-refractivity contribution in [3.63, 3.8) is 0 Å². The van der Waals surface area contributed by atoms with Crippen LogP contribution >= 0.6 is 0 Å². The summed E-state index contributed by atoms with van der Waals surface area (Å²) in [5, 5.41) is 5.04. The van der Waals surface area contributed by atoms with Crippen molar-refractivity contribution in [3.05, 3.63) is 53.6 Å². The van der Waals surface area contributed by atoms with Crippen LogP contribution in [0, 0.1) is 6.92 Å². The molecule has 0 aliphatic carbocycles. The maximum atomic E-state index is 11.1. The zero-order valence-electron chi connectivity index (χ0n) is 10.6. The molecule has 0 fully saturated rings. The quantitative estimate of drug-likeness (QED) is 0.910. The highest BCUT2D eigenvalue weighted by Gasteiger charge is 2.06. The van der Waals surface area contributed by atoms with Crippen LogP contribution in [0.4, 0.5) is 0 Å². The molecular formula is C13H15N3O2S. The van der Waals surface area contributed by atoms with Gasteiger partial charge in [0.25, 0.3) is 0 Å². The Morgan fingerprint density at radius 3 is 2.26 bits per heavy atom. The summed E-state index contributed by atoms with van der Waals surface area (Å²) in [6.07, 6.45) is 5.04. The van der Waals surface area contributed by atoms with Gasteiger partial charge in [-0.2, -0.15) is 0 Å². The summed E-state index contributed by atoms with van der Waals surface area (Å²) >= 11 is 0. The molecule has 1 heterocycles. The van der Waals surface area contributed by atoms with Crippen molar-refractivity contribution in [2.45, 2.75) is 24.7 Å². The molecular weight excluding hydrogens is 262 g/mol. The van der Waals surface area contributed by atoms with Gasteiger partial charge in [0, 0.05) is 12.4 Å². The van der Waals surface area contributed by atoms with Crippen LogP contribution in [0.3, 0.4) is 0 Å². The van der Waals surface area contributed by atoms with Gasteiger partial charge in [-0.1, -0.05) is 12.1 Å². The fraction of sp³-hybridized carbons (Fsp3) is 0.231. The van der Waals surface area contributed by atoms with E-state index < -0.39 is 10.0 Å². The highest BCUT2D eigenvalue weighted by atomic mass is 32.2. The van der Waals surface area contributed by atoms with Gasteiger partial charge in [-0.25, -0.2) is 13.6 Å². The Hall–Kier alpha value is -1.79. The van der Waals surface area contributed by atoms with Crippen LogP contribution in [0.15, 0.2) is 41.6 Å². The van der Waals surface area contributed by atoms with Gasteiger partial charge >= 0.3 is 0 Å². The zero-order chi connectivity index (χ0) is 13.9. The largest absolute Gasteiger partial charge is 0.258 e. The second-order valence-electron chi connectivity index (χ2n) is 4.34. The standard InChI is InChI=1S/C13H15N3O2S/c1-10-8-16-12(9-15-10)5-2-11-3-6-13(7-4-11)19(14,17)18/h3-4,6-9H,2,5H2,1H3,(H2,14,17,18). The van der Waals surface area contributed by atoms with Gasteiger partial charge < -0.3 is 0 Å². The molecule has 0 atom stereocenters. The Morgan fingerprint density at radius 1 is 1.05 bits per heavy atom. The van der Waals surface area contributed by atoms with E-state index in [0.29, 0.717) is 0 Å². The maximum Gasteiger partial charge on any atom is 0.238 e. The summed E-state index contributed by atoms with van der Waals surface area (Å²) in [6.45, 7) is 1.89. The van der Waals surface area contributed by atoms with Crippen LogP contribution in [0.5, 0.6) is 0 Å². The third-order valence-corrected chi connectivity index (χ3v) is 3.69. The highest BCUT2D eigenvalue weighted by molar-refractivity contribution is 7.89. The molecule has 1 aromatic carbocycles. The lowest BCUT2D eigenvalue weighted by atomic mass is 10.1. The van der Waals surface area contributed by atoms with Crippen LogP contribution in [0.2, 0.25) is 0 Å². The first-order chi connectivity index (χ1) is 8.95. The summed E-state index contributed by atoms with van der Waals surface area (Å²) in [5.41, 5.74) is 2.84. The predicted octanol–water partition coefficient (Wildman–Crippen LogP) is 1.22. The first-order valence-corrected chi connectivity index (χ1v) is 7.39. The minimum atomic E-state index is -3.61. The molecule has 0 radical (unpaired) electrons. The van der Waals surface area contributed by atoms with E-state index in [2.05, 4.69) is 9.97 Å². The summed E-state index contributed by atoms with van der Waals surface area (Å²) in [4.78, 5) is 8.58. The summed E-state index contributed by atoms with van der Waals surface area (Å²) < 4.78 is 22.2. The maximum absolute atomic E-state index is 11.1. The second kappa shape index (κ2) is 5.46. The molecule has 0 aliphatic heterocycles. The topological polar surface area (TPSA) is 85.9 Å². The van der Waals surface area contributed by atoms with Crippen molar-refractivity contribution in [2.24, 2.45) is 5.14 Å². The number of aromatic nitrogens is 2. The molecule has 2 rings (SSSR count). The molecule has 0 saturated heterocycles. The van der Waals surface area contributed by atoms with Crippen molar-refractivity contribution in [2.75, 3.05) is 0 Å². The van der Waals surface area contributed by atoms with Crippen molar-refractivity contribution < 1.29 is 8.42 Å². The van der Waals surface area contributed by atoms with Crippen molar-refractivity contribution in [1.82, 2.24) is 9.97 Å². The minimum absolute atomic E-state index is 0.131. The minimum Gasteiger partial charge on any atom is -0.258 e. The van der Waals surface area contributed by atoms with Gasteiger partial charge in [-0.15, -0.1) is 0 Å². The molecule has 19 heavy (non-hydrogen) atoms. The van der Waals surface area contributed by atoms with Crippen LogP contribution in [-0.2, 0) is 22.9 Å². The molecule has 6 heteroatoms. The molecule has 0 aliphatic rings. The number of hydrogen-bond acceptors (Lipinski definition) is 4. The summed E-state index contributed by atoms with van der Waals surface area (Å²) in [6, 6.07) is 6.57. The molecule has 1 aromatic heterocycles. The van der Waals surface area contributed by atoms with Gasteiger partial charge in [0.15, 0.2) is 0 Å². The molecule has 0 saturated carbocycles. The van der Waals surface area contributed by atoms with Gasteiger partial charge in [0.1, 0.15) is 0 Å². The predicted molar refractivity (Wildman–Crippen MR) is 72.0 cm³/mol. The summed E-state index contributed by atoms with van der Waals surface area (Å²) in [5.74, 6) is 0. The molecule has 2 N–H and O–H groups in total. The number of nitrogens with zero attached hydrogens (tertiary/aromatic N) is 2. The van der Waals surface area contributed by atoms with Crippen LogP contribution in [-0.4, -0.2) is 18.4 Å². The SMILES string of the molecule is Cc1cnc(CCc2ccc(S(N)(=O)=O)cc2)cn1. The van der Waals surface area contributed by atoms with Gasteiger partial charge in [0.2, 0.25) is 10.0 Å². The fourth-order valence-electron chi connectivity index (χ4n) is 1.67. The number of primary sulfonamides is 1. The van der Waals surface area contributed by atoms with Crippen LogP contribution in [0.1, 0.15) is 17.0 Å². The van der Waals surface area contributed by atoms with Crippen molar-refractivity contribution in [1.29, 1.82) is 0 Å². The first-order valence-electron chi connectivity index (χ1n) is 5.84. The lowest BCUT2D eigenvalue weighted by Gasteiger charge is -2.03. The third-order valence-electron chi connectivity index (χ3n) is 2.76. The van der Waals surface area contributed by atoms with Crippen molar-refractivity contribution in [3.8, 4) is 0 Å². The fourth-order valence-corrected chi connectivity index (χ4v) is 2.18. The van der Waals surface area contributed by atoms with E-state index in [1.54, 1.807) is 24.5 Å². The molecule has 100 valence electrons. The summed E-state index contributed by atoms with van der Waals surface area (Å²) in [7, 11) is -3.61. The number of aryl methyl sites for hydroxylation is 3. The van der Waals surface area contributed by atoms with Gasteiger partial charge in [0.05, 0.1) is 16.3 Å². The van der Waals surface area contributed by atoms with Crippen LogP contribution < -0.4 is 5.14 Å². The molecule has 5 nitrogen and oxygen atoms in total. The zero-order valence-corrected chi connectivity index (χ0v) is 11.4. The number of sulfonamides is 1. The highest BCUT2D eigenvalue weighted by Crippen LogP contribution is 2.10. The lowest BCUT2D eigenvalue weighted by molar-refractivity contribution is 0.598. The normalized spacial score (nSPS) is 11.5. The first kappa shape index (κ1) is 13.6. The number of hydrogen-bond donors (Lipinski definition) is 1. The second-order valence-corrected chi connectivity index (χ2v) is 5.90. The lowest BCUT2D eigenvalue weighted by Crippen LogP contribution is -2.11. The van der Waals surface area contributed by atoms with Gasteiger partial charge in [-0.05, 0) is 37.5 Å². The van der Waals surface area contributed by atoms with E-state index in [1.165, 1.54) is 12.1 Å². The molecule has 2 aromatic rings. The van der Waals surface area contributed by atoms with E-state index in [0.717, 1.165) is 29.8 Å². The Kier molecular flexibility index (Phi) is 3.92. The average Bonchev–Trinajstić information content (AvgIpc) is 2.37. The van der Waals surface area contributed by atoms with E-state index in [-0.39, 0.29) is 4.90 Å². The molecule has 0 spiro atoms. The Labute approximate surface area is 112 Å². The van der Waals surface area contributed by atoms with E-state index >= 15 is 0 Å². The van der Waals surface area contributed by atoms with E-state index in [9.17, 15) is 8.42 Å². The Bertz CT molecular complexity index is 649. The number of rotatable bonds is 4. The Balaban J connectivity index is 2.02. The molecule has 0 unspecified atom stereocenters. The molecule has 0 bridgehead atoms. The van der Waals surface area contributed by atoms with E-state index in [4.69, 9.17) is 5.14 Å².